The summed E-state index contributed by atoms with van der Waals surface area (Å²) in [4.78, 5) is 14.0. The highest BCUT2D eigenvalue weighted by Gasteiger charge is 2.27. The summed E-state index contributed by atoms with van der Waals surface area (Å²) in [6.07, 6.45) is 0.985. The van der Waals surface area contributed by atoms with Crippen molar-refractivity contribution in [3.8, 4) is 11.3 Å². The van der Waals surface area contributed by atoms with Crippen molar-refractivity contribution in [2.45, 2.75) is 24.0 Å². The van der Waals surface area contributed by atoms with Gasteiger partial charge in [-0.3, -0.25) is 9.48 Å². The van der Waals surface area contributed by atoms with Crippen molar-refractivity contribution in [2.24, 2.45) is 7.05 Å². The number of amides is 1. The number of hydrogen-bond acceptors (Lipinski definition) is 3. The molecule has 4 rings (SSSR count). The van der Waals surface area contributed by atoms with Crippen LogP contribution >= 0.6 is 11.8 Å². The molecule has 1 aromatic heterocycles. The van der Waals surface area contributed by atoms with Gasteiger partial charge in [0.15, 0.2) is 5.69 Å². The van der Waals surface area contributed by atoms with Crippen molar-refractivity contribution in [2.75, 3.05) is 5.32 Å². The highest BCUT2D eigenvalue weighted by Crippen LogP contribution is 2.42. The summed E-state index contributed by atoms with van der Waals surface area (Å²) in [7, 11) is 1.90. The predicted molar refractivity (Wildman–Crippen MR) is 102 cm³/mol. The maximum atomic E-state index is 12.8. The molecule has 5 heteroatoms. The van der Waals surface area contributed by atoms with Crippen molar-refractivity contribution in [1.29, 1.82) is 0 Å². The van der Waals surface area contributed by atoms with Crippen LogP contribution in [0.15, 0.2) is 53.4 Å². The largest absolute Gasteiger partial charge is 0.321 e. The number of fused-ring (bicyclic) bond motifs is 3. The van der Waals surface area contributed by atoms with Gasteiger partial charge in [-0.2, -0.15) is 5.10 Å². The van der Waals surface area contributed by atoms with Gasteiger partial charge >= 0.3 is 0 Å². The number of carbonyl (C=O) groups excluding carboxylic acids is 1. The Hall–Kier alpha value is -2.53. The van der Waals surface area contributed by atoms with Gasteiger partial charge in [-0.05, 0) is 30.2 Å². The molecule has 1 aliphatic heterocycles. The lowest BCUT2D eigenvalue weighted by Crippen LogP contribution is -2.15. The molecule has 1 amide bonds. The van der Waals surface area contributed by atoms with E-state index in [-0.39, 0.29) is 5.91 Å². The highest BCUT2D eigenvalue weighted by molar-refractivity contribution is 7.98. The van der Waals surface area contributed by atoms with Gasteiger partial charge in [-0.1, -0.05) is 37.3 Å². The van der Waals surface area contributed by atoms with Crippen molar-refractivity contribution in [1.82, 2.24) is 9.78 Å². The molecule has 2 heterocycles. The molecule has 0 radical (unpaired) electrons. The fraction of sp³-hybridized carbons (Fsp3) is 0.200. The van der Waals surface area contributed by atoms with Gasteiger partial charge in [0, 0.05) is 34.5 Å². The molecule has 4 nitrogen and oxygen atoms in total. The van der Waals surface area contributed by atoms with E-state index in [9.17, 15) is 4.79 Å². The Balaban J connectivity index is 1.67. The normalized spacial score (nSPS) is 12.4. The van der Waals surface area contributed by atoms with Crippen LogP contribution < -0.4 is 5.32 Å². The van der Waals surface area contributed by atoms with E-state index in [1.807, 2.05) is 48.1 Å². The molecule has 2 aromatic carbocycles. The van der Waals surface area contributed by atoms with Crippen molar-refractivity contribution in [3.05, 3.63) is 65.4 Å². The van der Waals surface area contributed by atoms with Crippen LogP contribution in [0, 0.1) is 0 Å². The monoisotopic (exact) mass is 349 g/mol. The van der Waals surface area contributed by atoms with Gasteiger partial charge in [-0.15, -0.1) is 11.8 Å². The standard InChI is InChI=1S/C20H19N3OS/c1-3-13-8-10-14(11-9-13)21-20(24)18-16-12-25-17-7-5-4-6-15(17)19(16)23(2)22-18/h4-11H,3,12H2,1-2H3,(H,21,24). The zero-order valence-corrected chi connectivity index (χ0v) is 15.1. The van der Waals surface area contributed by atoms with Gasteiger partial charge in [-0.25, -0.2) is 0 Å². The van der Waals surface area contributed by atoms with E-state index in [4.69, 9.17) is 0 Å². The quantitative estimate of drug-likeness (QED) is 0.757. The lowest BCUT2D eigenvalue weighted by atomic mass is 10.1. The molecule has 1 aliphatic rings. The SMILES string of the molecule is CCc1ccc(NC(=O)c2nn(C)c3c2CSc2ccccc2-3)cc1. The predicted octanol–water partition coefficient (Wildman–Crippen LogP) is 4.51. The molecule has 0 saturated heterocycles. The maximum Gasteiger partial charge on any atom is 0.276 e. The lowest BCUT2D eigenvalue weighted by molar-refractivity contribution is 0.102. The molecule has 0 unspecified atom stereocenters. The molecular formula is C20H19N3OS. The first-order chi connectivity index (χ1) is 12.2. The van der Waals surface area contributed by atoms with Crippen molar-refractivity contribution >= 4 is 23.4 Å². The molecular weight excluding hydrogens is 330 g/mol. The molecule has 0 fully saturated rings. The number of aryl methyl sites for hydroxylation is 2. The minimum absolute atomic E-state index is 0.152. The summed E-state index contributed by atoms with van der Waals surface area (Å²) >= 11 is 1.75. The van der Waals surface area contributed by atoms with Gasteiger partial charge in [0.05, 0.1) is 5.69 Å². The smallest absolute Gasteiger partial charge is 0.276 e. The highest BCUT2D eigenvalue weighted by atomic mass is 32.2. The van der Waals surface area contributed by atoms with Crippen LogP contribution in [0.3, 0.4) is 0 Å². The minimum atomic E-state index is -0.152. The summed E-state index contributed by atoms with van der Waals surface area (Å²) in [6.45, 7) is 2.11. The molecule has 0 atom stereocenters. The molecule has 0 saturated carbocycles. The first-order valence-electron chi connectivity index (χ1n) is 8.35. The molecule has 1 N–H and O–H groups in total. The van der Waals surface area contributed by atoms with E-state index in [0.717, 1.165) is 34.7 Å². The first kappa shape index (κ1) is 16.0. The van der Waals surface area contributed by atoms with Gasteiger partial charge in [0.1, 0.15) is 0 Å². The topological polar surface area (TPSA) is 46.9 Å². The molecule has 3 aromatic rings. The van der Waals surface area contributed by atoms with E-state index < -0.39 is 0 Å². The zero-order valence-electron chi connectivity index (χ0n) is 14.2. The van der Waals surface area contributed by atoms with Gasteiger partial charge in [0.2, 0.25) is 0 Å². The summed E-state index contributed by atoms with van der Waals surface area (Å²) in [6, 6.07) is 16.2. The number of carbonyl (C=O) groups is 1. The number of anilines is 1. The maximum absolute atomic E-state index is 12.8. The fourth-order valence-corrected chi connectivity index (χ4v) is 4.24. The number of nitrogens with one attached hydrogen (secondary N) is 1. The lowest BCUT2D eigenvalue weighted by Gasteiger charge is -2.17. The number of benzene rings is 2. The summed E-state index contributed by atoms with van der Waals surface area (Å²) in [5, 5.41) is 7.49. The molecule has 25 heavy (non-hydrogen) atoms. The molecule has 0 bridgehead atoms. The molecule has 0 aliphatic carbocycles. The average Bonchev–Trinajstić information content (AvgIpc) is 3.00. The third-order valence-corrected chi connectivity index (χ3v) is 5.59. The minimum Gasteiger partial charge on any atom is -0.321 e. The fourth-order valence-electron chi connectivity index (χ4n) is 3.18. The number of hydrogen-bond donors (Lipinski definition) is 1. The van der Waals surface area contributed by atoms with Crippen molar-refractivity contribution in [3.63, 3.8) is 0 Å². The third-order valence-electron chi connectivity index (χ3n) is 4.49. The third kappa shape index (κ3) is 2.85. The van der Waals surface area contributed by atoms with Crippen LogP contribution in [0.4, 0.5) is 5.69 Å². The van der Waals surface area contributed by atoms with E-state index in [1.165, 1.54) is 10.5 Å². The van der Waals surface area contributed by atoms with Crippen LogP contribution in [0.1, 0.15) is 28.5 Å². The second kappa shape index (κ2) is 6.41. The number of aromatic nitrogens is 2. The van der Waals surface area contributed by atoms with Gasteiger partial charge < -0.3 is 5.32 Å². The second-order valence-corrected chi connectivity index (χ2v) is 7.11. The van der Waals surface area contributed by atoms with E-state index in [2.05, 4.69) is 29.5 Å². The summed E-state index contributed by atoms with van der Waals surface area (Å²) in [5.41, 5.74) is 5.76. The van der Waals surface area contributed by atoms with Crippen molar-refractivity contribution < 1.29 is 4.79 Å². The first-order valence-corrected chi connectivity index (χ1v) is 9.34. The summed E-state index contributed by atoms with van der Waals surface area (Å²) < 4.78 is 1.82. The Kier molecular flexibility index (Phi) is 4.09. The van der Waals surface area contributed by atoms with Gasteiger partial charge in [0.25, 0.3) is 5.91 Å². The summed E-state index contributed by atoms with van der Waals surface area (Å²) in [5.74, 6) is 0.610. The second-order valence-electron chi connectivity index (χ2n) is 6.09. The van der Waals surface area contributed by atoms with E-state index >= 15 is 0 Å². The Labute approximate surface area is 151 Å². The van der Waals surface area contributed by atoms with Crippen LogP contribution in [0.5, 0.6) is 0 Å². The Morgan fingerprint density at radius 1 is 1.20 bits per heavy atom. The Morgan fingerprint density at radius 2 is 1.96 bits per heavy atom. The van der Waals surface area contributed by atoms with Crippen LogP contribution in [0.2, 0.25) is 0 Å². The van der Waals surface area contributed by atoms with Crippen LogP contribution in [-0.4, -0.2) is 15.7 Å². The number of rotatable bonds is 3. The molecule has 126 valence electrons. The zero-order chi connectivity index (χ0) is 17.4. The number of nitrogens with zero attached hydrogens (tertiary/aromatic N) is 2. The Bertz CT molecular complexity index is 944. The number of thioether (sulfide) groups is 1. The average molecular weight is 349 g/mol. The van der Waals surface area contributed by atoms with Crippen LogP contribution in [-0.2, 0) is 19.2 Å². The Morgan fingerprint density at radius 3 is 2.72 bits per heavy atom. The molecule has 0 spiro atoms. The van der Waals surface area contributed by atoms with Crippen LogP contribution in [0.25, 0.3) is 11.3 Å². The van der Waals surface area contributed by atoms with E-state index in [0.29, 0.717) is 5.69 Å². The van der Waals surface area contributed by atoms with E-state index in [1.54, 1.807) is 11.8 Å².